The van der Waals surface area contributed by atoms with Gasteiger partial charge in [-0.1, -0.05) is 6.07 Å². The lowest BCUT2D eigenvalue weighted by atomic mass is 10.2. The van der Waals surface area contributed by atoms with Crippen LogP contribution in [0, 0.1) is 5.92 Å². The van der Waals surface area contributed by atoms with Gasteiger partial charge in [-0.05, 0) is 37.8 Å². The van der Waals surface area contributed by atoms with Crippen LogP contribution >= 0.6 is 0 Å². The number of nitrogens with zero attached hydrogens (tertiary/aromatic N) is 3. The van der Waals surface area contributed by atoms with E-state index in [1.807, 2.05) is 29.1 Å². The van der Waals surface area contributed by atoms with Crippen LogP contribution in [0.2, 0.25) is 0 Å². The van der Waals surface area contributed by atoms with Crippen LogP contribution in [0.15, 0.2) is 30.6 Å². The summed E-state index contributed by atoms with van der Waals surface area (Å²) in [6.07, 6.45) is 6.30. The van der Waals surface area contributed by atoms with Gasteiger partial charge in [0.15, 0.2) is 0 Å². The highest BCUT2D eigenvalue weighted by Gasteiger charge is 2.30. The van der Waals surface area contributed by atoms with Gasteiger partial charge in [-0.25, -0.2) is 0 Å². The standard InChI is InChI=1S/C13H16N4/c1-9(10-5-6-10)17-8-11(14)13(16-17)12-4-2-3-7-15-12/h2-4,7-10H,5-6,14H2,1H3. The summed E-state index contributed by atoms with van der Waals surface area (Å²) in [4.78, 5) is 4.29. The Morgan fingerprint density at radius 1 is 1.41 bits per heavy atom. The highest BCUT2D eigenvalue weighted by atomic mass is 15.3. The molecule has 2 heterocycles. The minimum absolute atomic E-state index is 0.440. The van der Waals surface area contributed by atoms with Crippen LogP contribution in [0.25, 0.3) is 11.4 Å². The second-order valence-electron chi connectivity index (χ2n) is 4.71. The van der Waals surface area contributed by atoms with E-state index in [1.54, 1.807) is 6.20 Å². The molecule has 1 unspecified atom stereocenters. The van der Waals surface area contributed by atoms with Crippen molar-refractivity contribution < 1.29 is 0 Å². The van der Waals surface area contributed by atoms with Gasteiger partial charge in [-0.3, -0.25) is 9.67 Å². The first-order valence-electron chi connectivity index (χ1n) is 6.02. The first kappa shape index (κ1) is 10.3. The van der Waals surface area contributed by atoms with Crippen molar-refractivity contribution in [2.75, 3.05) is 5.73 Å². The quantitative estimate of drug-likeness (QED) is 0.878. The maximum atomic E-state index is 6.01. The molecular weight excluding hydrogens is 212 g/mol. The molecule has 88 valence electrons. The Labute approximate surface area is 100 Å². The summed E-state index contributed by atoms with van der Waals surface area (Å²) in [6.45, 7) is 2.20. The van der Waals surface area contributed by atoms with Crippen LogP contribution in [0.3, 0.4) is 0 Å². The Morgan fingerprint density at radius 2 is 2.24 bits per heavy atom. The average Bonchev–Trinajstić information content (AvgIpc) is 3.13. The molecule has 0 spiro atoms. The fourth-order valence-electron chi connectivity index (χ4n) is 2.11. The predicted octanol–water partition coefficient (Wildman–Crippen LogP) is 2.50. The van der Waals surface area contributed by atoms with E-state index in [1.165, 1.54) is 12.8 Å². The van der Waals surface area contributed by atoms with Crippen molar-refractivity contribution in [1.82, 2.24) is 14.8 Å². The Hall–Kier alpha value is -1.84. The Kier molecular flexibility index (Phi) is 2.35. The molecule has 1 aliphatic carbocycles. The van der Waals surface area contributed by atoms with Crippen molar-refractivity contribution >= 4 is 5.69 Å². The monoisotopic (exact) mass is 228 g/mol. The third-order valence-corrected chi connectivity index (χ3v) is 3.39. The van der Waals surface area contributed by atoms with Gasteiger partial charge in [0.05, 0.1) is 17.4 Å². The van der Waals surface area contributed by atoms with Gasteiger partial charge in [0.1, 0.15) is 5.69 Å². The van der Waals surface area contributed by atoms with Crippen LogP contribution in [-0.4, -0.2) is 14.8 Å². The zero-order valence-electron chi connectivity index (χ0n) is 9.87. The molecule has 2 aromatic heterocycles. The van der Waals surface area contributed by atoms with Crippen molar-refractivity contribution in [2.24, 2.45) is 5.92 Å². The van der Waals surface area contributed by atoms with E-state index in [2.05, 4.69) is 17.0 Å². The zero-order chi connectivity index (χ0) is 11.8. The molecule has 17 heavy (non-hydrogen) atoms. The Morgan fingerprint density at radius 3 is 2.88 bits per heavy atom. The largest absolute Gasteiger partial charge is 0.396 e. The second kappa shape index (κ2) is 3.87. The van der Waals surface area contributed by atoms with Gasteiger partial charge in [-0.2, -0.15) is 5.10 Å². The van der Waals surface area contributed by atoms with Crippen LogP contribution in [0.4, 0.5) is 5.69 Å². The minimum atomic E-state index is 0.440. The number of hydrogen-bond acceptors (Lipinski definition) is 3. The van der Waals surface area contributed by atoms with Crippen molar-refractivity contribution in [3.8, 4) is 11.4 Å². The van der Waals surface area contributed by atoms with Gasteiger partial charge in [-0.15, -0.1) is 0 Å². The lowest BCUT2D eigenvalue weighted by Gasteiger charge is -2.09. The Balaban J connectivity index is 1.95. The second-order valence-corrected chi connectivity index (χ2v) is 4.71. The molecule has 0 saturated heterocycles. The van der Waals surface area contributed by atoms with Gasteiger partial charge < -0.3 is 5.73 Å². The summed E-state index contributed by atoms with van der Waals surface area (Å²) in [5, 5.41) is 4.57. The summed E-state index contributed by atoms with van der Waals surface area (Å²) in [7, 11) is 0. The summed E-state index contributed by atoms with van der Waals surface area (Å²) in [5.74, 6) is 0.769. The summed E-state index contributed by atoms with van der Waals surface area (Å²) >= 11 is 0. The number of anilines is 1. The van der Waals surface area contributed by atoms with E-state index in [0.29, 0.717) is 11.7 Å². The Bertz CT molecular complexity index is 513. The molecule has 0 amide bonds. The molecule has 4 heteroatoms. The average molecular weight is 228 g/mol. The van der Waals surface area contributed by atoms with Gasteiger partial charge >= 0.3 is 0 Å². The molecule has 0 radical (unpaired) electrons. The maximum absolute atomic E-state index is 6.01. The summed E-state index contributed by atoms with van der Waals surface area (Å²) in [5.41, 5.74) is 8.34. The third-order valence-electron chi connectivity index (χ3n) is 3.39. The van der Waals surface area contributed by atoms with Crippen LogP contribution in [0.5, 0.6) is 0 Å². The predicted molar refractivity (Wildman–Crippen MR) is 67.3 cm³/mol. The summed E-state index contributed by atoms with van der Waals surface area (Å²) < 4.78 is 1.98. The molecular formula is C13H16N4. The SMILES string of the molecule is CC(C1CC1)n1cc(N)c(-c2ccccn2)n1. The van der Waals surface area contributed by atoms with E-state index in [9.17, 15) is 0 Å². The summed E-state index contributed by atoms with van der Waals surface area (Å²) in [6, 6.07) is 6.22. The molecule has 0 aromatic carbocycles. The van der Waals surface area contributed by atoms with E-state index in [0.717, 1.165) is 17.3 Å². The smallest absolute Gasteiger partial charge is 0.134 e. The topological polar surface area (TPSA) is 56.7 Å². The minimum Gasteiger partial charge on any atom is -0.396 e. The fraction of sp³-hybridized carbons (Fsp3) is 0.385. The molecule has 2 aromatic rings. The third kappa shape index (κ3) is 1.90. The number of hydrogen-bond donors (Lipinski definition) is 1. The molecule has 3 rings (SSSR count). The van der Waals surface area contributed by atoms with Gasteiger partial charge in [0.25, 0.3) is 0 Å². The van der Waals surface area contributed by atoms with E-state index < -0.39 is 0 Å². The van der Waals surface area contributed by atoms with Crippen molar-refractivity contribution in [1.29, 1.82) is 0 Å². The molecule has 4 nitrogen and oxygen atoms in total. The first-order valence-corrected chi connectivity index (χ1v) is 6.02. The molecule has 0 bridgehead atoms. The highest BCUT2D eigenvalue weighted by Crippen LogP contribution is 2.39. The van der Waals surface area contributed by atoms with Crippen LogP contribution < -0.4 is 5.73 Å². The number of nitrogen functional groups attached to an aromatic ring is 1. The molecule has 1 saturated carbocycles. The first-order chi connectivity index (χ1) is 8.25. The van der Waals surface area contributed by atoms with E-state index >= 15 is 0 Å². The molecule has 1 aliphatic rings. The lowest BCUT2D eigenvalue weighted by Crippen LogP contribution is -2.07. The zero-order valence-corrected chi connectivity index (χ0v) is 9.87. The van der Waals surface area contributed by atoms with Crippen molar-refractivity contribution in [3.05, 3.63) is 30.6 Å². The molecule has 0 aliphatic heterocycles. The normalized spacial score (nSPS) is 17.0. The molecule has 1 fully saturated rings. The maximum Gasteiger partial charge on any atom is 0.134 e. The molecule has 2 N–H and O–H groups in total. The fourth-order valence-corrected chi connectivity index (χ4v) is 2.11. The van der Waals surface area contributed by atoms with Gasteiger partial charge in [0.2, 0.25) is 0 Å². The number of pyridine rings is 1. The van der Waals surface area contributed by atoms with Crippen LogP contribution in [-0.2, 0) is 0 Å². The number of aromatic nitrogens is 3. The highest BCUT2D eigenvalue weighted by molar-refractivity contribution is 5.68. The lowest BCUT2D eigenvalue weighted by molar-refractivity contribution is 0.441. The van der Waals surface area contributed by atoms with Crippen LogP contribution in [0.1, 0.15) is 25.8 Å². The number of rotatable bonds is 3. The molecule has 1 atom stereocenters. The van der Waals surface area contributed by atoms with Crippen molar-refractivity contribution in [3.63, 3.8) is 0 Å². The number of nitrogens with two attached hydrogens (primary N) is 1. The van der Waals surface area contributed by atoms with Crippen molar-refractivity contribution in [2.45, 2.75) is 25.8 Å². The van der Waals surface area contributed by atoms with E-state index in [4.69, 9.17) is 5.73 Å². The van der Waals surface area contributed by atoms with E-state index in [-0.39, 0.29) is 0 Å². The van der Waals surface area contributed by atoms with Gasteiger partial charge in [0, 0.05) is 12.4 Å².